The molecular formula is C13H18O4. The number of carbonyl (C=O) groups is 1. The van der Waals surface area contributed by atoms with E-state index in [0.717, 1.165) is 18.4 Å². The molecule has 0 radical (unpaired) electrons. The van der Waals surface area contributed by atoms with Crippen molar-refractivity contribution in [1.82, 2.24) is 0 Å². The minimum absolute atomic E-state index is 0.0633. The summed E-state index contributed by atoms with van der Waals surface area (Å²) in [7, 11) is 1.37. The van der Waals surface area contributed by atoms with E-state index in [1.807, 2.05) is 12.1 Å². The van der Waals surface area contributed by atoms with Crippen LogP contribution >= 0.6 is 0 Å². The van der Waals surface area contributed by atoms with Gasteiger partial charge in [0.15, 0.2) is 0 Å². The lowest BCUT2D eigenvalue weighted by Crippen LogP contribution is -2.03. The van der Waals surface area contributed by atoms with Crippen molar-refractivity contribution >= 4 is 5.97 Å². The average molecular weight is 238 g/mol. The zero-order valence-electron chi connectivity index (χ0n) is 10.0. The van der Waals surface area contributed by atoms with Gasteiger partial charge in [0.05, 0.1) is 25.9 Å². The van der Waals surface area contributed by atoms with Crippen molar-refractivity contribution in [2.24, 2.45) is 0 Å². The first kappa shape index (κ1) is 13.7. The van der Waals surface area contributed by atoms with Crippen molar-refractivity contribution in [2.75, 3.05) is 26.9 Å². The first-order valence-electron chi connectivity index (χ1n) is 5.63. The van der Waals surface area contributed by atoms with Crippen molar-refractivity contribution in [3.8, 4) is 0 Å². The molecule has 0 atom stereocenters. The van der Waals surface area contributed by atoms with Gasteiger partial charge in [-0.2, -0.15) is 0 Å². The number of aryl methyl sites for hydroxylation is 1. The van der Waals surface area contributed by atoms with Crippen LogP contribution in [0.15, 0.2) is 24.3 Å². The Hall–Kier alpha value is -1.39. The van der Waals surface area contributed by atoms with Crippen LogP contribution in [-0.2, 0) is 15.9 Å². The van der Waals surface area contributed by atoms with E-state index in [-0.39, 0.29) is 12.6 Å². The molecule has 0 bridgehead atoms. The Labute approximate surface area is 101 Å². The summed E-state index contributed by atoms with van der Waals surface area (Å²) in [6.07, 6.45) is 1.80. The predicted octanol–water partition coefficient (Wildman–Crippen LogP) is 1.41. The molecule has 4 nitrogen and oxygen atoms in total. The van der Waals surface area contributed by atoms with Crippen molar-refractivity contribution in [1.29, 1.82) is 0 Å². The largest absolute Gasteiger partial charge is 0.465 e. The minimum Gasteiger partial charge on any atom is -0.465 e. The molecule has 17 heavy (non-hydrogen) atoms. The molecule has 0 amide bonds. The van der Waals surface area contributed by atoms with E-state index in [1.165, 1.54) is 7.11 Å². The normalized spacial score (nSPS) is 10.2. The van der Waals surface area contributed by atoms with E-state index in [9.17, 15) is 4.79 Å². The van der Waals surface area contributed by atoms with E-state index < -0.39 is 0 Å². The number of benzene rings is 1. The number of rotatable bonds is 7. The second-order valence-corrected chi connectivity index (χ2v) is 3.63. The Balaban J connectivity index is 2.33. The first-order chi connectivity index (χ1) is 8.27. The zero-order valence-corrected chi connectivity index (χ0v) is 10.0. The summed E-state index contributed by atoms with van der Waals surface area (Å²) < 4.78 is 9.78. The summed E-state index contributed by atoms with van der Waals surface area (Å²) in [5.74, 6) is -0.317. The van der Waals surface area contributed by atoms with Crippen LogP contribution in [0.4, 0.5) is 0 Å². The lowest BCUT2D eigenvalue weighted by atomic mass is 10.1. The molecule has 1 aromatic rings. The number of esters is 1. The summed E-state index contributed by atoms with van der Waals surface area (Å²) in [6.45, 7) is 1.09. The number of hydrogen-bond donors (Lipinski definition) is 1. The fourth-order valence-electron chi connectivity index (χ4n) is 1.47. The van der Waals surface area contributed by atoms with E-state index in [2.05, 4.69) is 4.74 Å². The summed E-state index contributed by atoms with van der Waals surface area (Å²) >= 11 is 0. The van der Waals surface area contributed by atoms with Crippen LogP contribution in [0.2, 0.25) is 0 Å². The molecule has 0 aliphatic rings. The quantitative estimate of drug-likeness (QED) is 0.576. The van der Waals surface area contributed by atoms with Crippen LogP contribution < -0.4 is 0 Å². The van der Waals surface area contributed by atoms with E-state index in [4.69, 9.17) is 9.84 Å². The first-order valence-corrected chi connectivity index (χ1v) is 5.63. The highest BCUT2D eigenvalue weighted by Gasteiger charge is 2.03. The van der Waals surface area contributed by atoms with Crippen molar-refractivity contribution < 1.29 is 19.4 Å². The lowest BCUT2D eigenvalue weighted by Gasteiger charge is -2.04. The molecule has 0 saturated carbocycles. The Morgan fingerprint density at radius 2 is 1.94 bits per heavy atom. The van der Waals surface area contributed by atoms with Crippen molar-refractivity contribution in [3.05, 3.63) is 35.4 Å². The van der Waals surface area contributed by atoms with E-state index >= 15 is 0 Å². The Morgan fingerprint density at radius 3 is 2.53 bits per heavy atom. The monoisotopic (exact) mass is 238 g/mol. The Kier molecular flexibility index (Phi) is 6.29. The summed E-state index contributed by atoms with van der Waals surface area (Å²) in [5, 5.41) is 8.52. The highest BCUT2D eigenvalue weighted by Crippen LogP contribution is 2.07. The molecule has 0 unspecified atom stereocenters. The molecule has 1 aromatic carbocycles. The maximum absolute atomic E-state index is 11.2. The van der Waals surface area contributed by atoms with Gasteiger partial charge in [-0.15, -0.1) is 0 Å². The highest BCUT2D eigenvalue weighted by molar-refractivity contribution is 5.89. The maximum atomic E-state index is 11.2. The van der Waals surface area contributed by atoms with Gasteiger partial charge in [0.1, 0.15) is 0 Å². The Morgan fingerprint density at radius 1 is 1.24 bits per heavy atom. The van der Waals surface area contributed by atoms with Gasteiger partial charge in [0, 0.05) is 6.61 Å². The van der Waals surface area contributed by atoms with Gasteiger partial charge in [-0.3, -0.25) is 0 Å². The Bertz CT molecular complexity index is 332. The number of ether oxygens (including phenoxy) is 2. The molecular weight excluding hydrogens is 220 g/mol. The summed E-state index contributed by atoms with van der Waals surface area (Å²) in [4.78, 5) is 11.2. The van der Waals surface area contributed by atoms with Crippen LogP contribution in [0.3, 0.4) is 0 Å². The standard InChI is InChI=1S/C13H18O4/c1-16-13(15)12-6-4-11(5-7-12)3-2-9-17-10-8-14/h4-7,14H,2-3,8-10H2,1H3. The number of carbonyl (C=O) groups excluding carboxylic acids is 1. The molecule has 0 spiro atoms. The summed E-state index contributed by atoms with van der Waals surface area (Å²) in [5.41, 5.74) is 1.72. The fourth-order valence-corrected chi connectivity index (χ4v) is 1.47. The third-order valence-corrected chi connectivity index (χ3v) is 2.36. The number of aliphatic hydroxyl groups is 1. The van der Waals surface area contributed by atoms with E-state index in [1.54, 1.807) is 12.1 Å². The topological polar surface area (TPSA) is 55.8 Å². The minimum atomic E-state index is -0.317. The molecule has 0 fully saturated rings. The fraction of sp³-hybridized carbons (Fsp3) is 0.462. The van der Waals surface area contributed by atoms with Crippen LogP contribution in [0.5, 0.6) is 0 Å². The van der Waals surface area contributed by atoms with Gasteiger partial charge in [0.25, 0.3) is 0 Å². The zero-order chi connectivity index (χ0) is 12.5. The average Bonchev–Trinajstić information content (AvgIpc) is 2.38. The molecule has 94 valence electrons. The third kappa shape index (κ3) is 4.97. The van der Waals surface area contributed by atoms with Gasteiger partial charge in [-0.05, 0) is 30.5 Å². The summed E-state index contributed by atoms with van der Waals surface area (Å²) in [6, 6.07) is 7.35. The van der Waals surface area contributed by atoms with Crippen LogP contribution in [0.25, 0.3) is 0 Å². The van der Waals surface area contributed by atoms with Gasteiger partial charge < -0.3 is 14.6 Å². The number of aliphatic hydroxyl groups excluding tert-OH is 1. The molecule has 0 aromatic heterocycles. The van der Waals surface area contributed by atoms with E-state index in [0.29, 0.717) is 18.8 Å². The lowest BCUT2D eigenvalue weighted by molar-refractivity contribution is 0.0600. The van der Waals surface area contributed by atoms with Crippen molar-refractivity contribution in [3.63, 3.8) is 0 Å². The molecule has 1 rings (SSSR count). The number of hydrogen-bond acceptors (Lipinski definition) is 4. The van der Waals surface area contributed by atoms with Gasteiger partial charge >= 0.3 is 5.97 Å². The molecule has 4 heteroatoms. The van der Waals surface area contributed by atoms with Gasteiger partial charge in [-0.1, -0.05) is 12.1 Å². The van der Waals surface area contributed by atoms with Gasteiger partial charge in [0.2, 0.25) is 0 Å². The number of methoxy groups -OCH3 is 1. The molecule has 1 N–H and O–H groups in total. The maximum Gasteiger partial charge on any atom is 0.337 e. The molecule has 0 heterocycles. The van der Waals surface area contributed by atoms with Crippen LogP contribution in [-0.4, -0.2) is 38.0 Å². The second kappa shape index (κ2) is 7.81. The predicted molar refractivity (Wildman–Crippen MR) is 64.0 cm³/mol. The smallest absolute Gasteiger partial charge is 0.337 e. The van der Waals surface area contributed by atoms with Gasteiger partial charge in [-0.25, -0.2) is 4.79 Å². The SMILES string of the molecule is COC(=O)c1ccc(CCCOCCO)cc1. The molecule has 0 aliphatic carbocycles. The van der Waals surface area contributed by atoms with Crippen LogP contribution in [0.1, 0.15) is 22.3 Å². The van der Waals surface area contributed by atoms with Crippen molar-refractivity contribution in [2.45, 2.75) is 12.8 Å². The third-order valence-electron chi connectivity index (χ3n) is 2.36. The second-order valence-electron chi connectivity index (χ2n) is 3.63. The highest BCUT2D eigenvalue weighted by atomic mass is 16.5. The molecule has 0 aliphatic heterocycles. The molecule has 0 saturated heterocycles. The van der Waals surface area contributed by atoms with Crippen LogP contribution in [0, 0.1) is 0 Å².